The van der Waals surface area contributed by atoms with Crippen molar-refractivity contribution < 1.29 is 23.6 Å². The summed E-state index contributed by atoms with van der Waals surface area (Å²) < 4.78 is 36.3. The number of ether oxygens (including phenoxy) is 1. The van der Waals surface area contributed by atoms with E-state index in [1.54, 1.807) is 4.68 Å². The Balaban J connectivity index is 1.91. The van der Waals surface area contributed by atoms with Crippen LogP contribution in [0.3, 0.4) is 0 Å². The molecule has 2 heterocycles. The Morgan fingerprint density at radius 2 is 2.13 bits per heavy atom. The molecule has 1 aromatic carbocycles. The van der Waals surface area contributed by atoms with Crippen molar-refractivity contribution in [2.24, 2.45) is 0 Å². The standard InChI is InChI=1S/C15H17BF2N2O3/c17-10-7-11-9(8-19-20(11)12-3-1-2-6-23-12)14(16(21)22)13(10)15(18)4-5-15/h7-8,12,21-22H,1-6H2. The minimum Gasteiger partial charge on any atom is -0.423 e. The number of alkyl halides is 1. The number of halogens is 2. The van der Waals surface area contributed by atoms with E-state index in [1.165, 1.54) is 12.3 Å². The molecular formula is C15H17BF2N2O3. The van der Waals surface area contributed by atoms with Gasteiger partial charge in [0.05, 0.1) is 11.7 Å². The van der Waals surface area contributed by atoms with E-state index in [-0.39, 0.29) is 30.1 Å². The number of benzene rings is 1. The van der Waals surface area contributed by atoms with Crippen molar-refractivity contribution >= 4 is 23.5 Å². The van der Waals surface area contributed by atoms with Gasteiger partial charge in [-0.2, -0.15) is 5.10 Å². The first-order valence-electron chi connectivity index (χ1n) is 7.88. The van der Waals surface area contributed by atoms with E-state index in [4.69, 9.17) is 4.74 Å². The average molecular weight is 322 g/mol. The van der Waals surface area contributed by atoms with Gasteiger partial charge in [0.25, 0.3) is 0 Å². The molecule has 1 unspecified atom stereocenters. The average Bonchev–Trinajstić information content (AvgIpc) is 3.13. The van der Waals surface area contributed by atoms with E-state index in [0.29, 0.717) is 17.5 Å². The highest BCUT2D eigenvalue weighted by Crippen LogP contribution is 2.50. The maximum Gasteiger partial charge on any atom is 0.489 e. The maximum absolute atomic E-state index is 14.6. The minimum absolute atomic E-state index is 0.123. The lowest BCUT2D eigenvalue weighted by Crippen LogP contribution is -2.36. The maximum atomic E-state index is 14.6. The van der Waals surface area contributed by atoms with Gasteiger partial charge >= 0.3 is 7.12 Å². The van der Waals surface area contributed by atoms with Crippen molar-refractivity contribution in [3.05, 3.63) is 23.6 Å². The van der Waals surface area contributed by atoms with Crippen LogP contribution in [0.1, 0.15) is 43.9 Å². The van der Waals surface area contributed by atoms with Crippen molar-refractivity contribution in [1.29, 1.82) is 0 Å². The third-order valence-corrected chi connectivity index (χ3v) is 4.72. The van der Waals surface area contributed by atoms with E-state index >= 15 is 0 Å². The van der Waals surface area contributed by atoms with Crippen LogP contribution in [0.2, 0.25) is 0 Å². The molecule has 0 bridgehead atoms. The van der Waals surface area contributed by atoms with E-state index in [9.17, 15) is 18.8 Å². The van der Waals surface area contributed by atoms with Crippen LogP contribution in [0.5, 0.6) is 0 Å². The molecule has 23 heavy (non-hydrogen) atoms. The molecule has 0 radical (unpaired) electrons. The third kappa shape index (κ3) is 2.36. The zero-order valence-electron chi connectivity index (χ0n) is 12.5. The van der Waals surface area contributed by atoms with Crippen LogP contribution in [0.15, 0.2) is 12.3 Å². The molecule has 2 fully saturated rings. The van der Waals surface area contributed by atoms with Gasteiger partial charge in [0.1, 0.15) is 11.5 Å². The predicted octanol–water partition coefficient (Wildman–Crippen LogP) is 1.51. The molecule has 4 rings (SSSR count). The van der Waals surface area contributed by atoms with Gasteiger partial charge in [-0.15, -0.1) is 0 Å². The molecule has 0 amide bonds. The SMILES string of the molecule is OB(O)c1c(C2(F)CC2)c(F)cc2c1cnn2C1CCCCO1. The number of nitrogens with zero attached hydrogens (tertiary/aromatic N) is 2. The summed E-state index contributed by atoms with van der Waals surface area (Å²) in [6.07, 6.45) is 4.20. The second kappa shape index (κ2) is 5.26. The fourth-order valence-corrected chi connectivity index (χ4v) is 3.41. The van der Waals surface area contributed by atoms with E-state index in [0.717, 1.165) is 19.3 Å². The highest BCUT2D eigenvalue weighted by Gasteiger charge is 2.50. The van der Waals surface area contributed by atoms with Crippen LogP contribution in [-0.4, -0.2) is 33.6 Å². The second-order valence-electron chi connectivity index (χ2n) is 6.33. The molecule has 0 spiro atoms. The summed E-state index contributed by atoms with van der Waals surface area (Å²) in [7, 11) is -1.96. The molecule has 122 valence electrons. The fourth-order valence-electron chi connectivity index (χ4n) is 3.41. The topological polar surface area (TPSA) is 67.5 Å². The van der Waals surface area contributed by atoms with Gasteiger partial charge in [-0.1, -0.05) is 0 Å². The van der Waals surface area contributed by atoms with Crippen molar-refractivity contribution in [1.82, 2.24) is 9.78 Å². The highest BCUT2D eigenvalue weighted by molar-refractivity contribution is 6.62. The first kappa shape index (κ1) is 15.0. The Kier molecular flexibility index (Phi) is 3.44. The first-order chi connectivity index (χ1) is 11.0. The van der Waals surface area contributed by atoms with Crippen LogP contribution >= 0.6 is 0 Å². The molecule has 1 aliphatic heterocycles. The number of hydrogen-bond acceptors (Lipinski definition) is 4. The number of aromatic nitrogens is 2. The molecule has 1 saturated heterocycles. The summed E-state index contributed by atoms with van der Waals surface area (Å²) in [4.78, 5) is 0. The quantitative estimate of drug-likeness (QED) is 0.841. The summed E-state index contributed by atoms with van der Waals surface area (Å²) >= 11 is 0. The summed E-state index contributed by atoms with van der Waals surface area (Å²) in [6, 6.07) is 1.22. The van der Waals surface area contributed by atoms with Crippen molar-refractivity contribution in [2.75, 3.05) is 6.61 Å². The van der Waals surface area contributed by atoms with Gasteiger partial charge < -0.3 is 14.8 Å². The Morgan fingerprint density at radius 3 is 2.74 bits per heavy atom. The smallest absolute Gasteiger partial charge is 0.423 e. The monoisotopic (exact) mass is 322 g/mol. The summed E-state index contributed by atoms with van der Waals surface area (Å²) in [6.45, 7) is 0.607. The van der Waals surface area contributed by atoms with Crippen LogP contribution in [0.25, 0.3) is 10.9 Å². The Hall–Kier alpha value is -1.51. The number of rotatable bonds is 3. The lowest BCUT2D eigenvalue weighted by molar-refractivity contribution is -0.0366. The molecule has 1 atom stereocenters. The Bertz CT molecular complexity index is 755. The summed E-state index contributed by atoms with van der Waals surface area (Å²) in [5.74, 6) is -0.766. The van der Waals surface area contributed by atoms with Crippen LogP contribution in [-0.2, 0) is 10.4 Å². The number of fused-ring (bicyclic) bond motifs is 1. The van der Waals surface area contributed by atoms with Crippen molar-refractivity contribution in [3.8, 4) is 0 Å². The molecule has 1 aliphatic carbocycles. The van der Waals surface area contributed by atoms with E-state index in [2.05, 4.69) is 5.10 Å². The van der Waals surface area contributed by atoms with Gasteiger partial charge in [0.15, 0.2) is 6.23 Å². The van der Waals surface area contributed by atoms with Gasteiger partial charge in [-0.05, 0) is 32.1 Å². The largest absolute Gasteiger partial charge is 0.489 e. The highest BCUT2D eigenvalue weighted by atomic mass is 19.2. The van der Waals surface area contributed by atoms with Gasteiger partial charge in [0.2, 0.25) is 0 Å². The summed E-state index contributed by atoms with van der Waals surface area (Å²) in [5.41, 5.74) is -1.78. The summed E-state index contributed by atoms with van der Waals surface area (Å²) in [5, 5.41) is 24.0. The van der Waals surface area contributed by atoms with Crippen molar-refractivity contribution in [2.45, 2.75) is 44.0 Å². The predicted molar refractivity (Wildman–Crippen MR) is 80.4 cm³/mol. The van der Waals surface area contributed by atoms with Crippen LogP contribution in [0, 0.1) is 5.82 Å². The van der Waals surface area contributed by atoms with E-state index in [1.807, 2.05) is 0 Å². The zero-order valence-corrected chi connectivity index (χ0v) is 12.5. The third-order valence-electron chi connectivity index (χ3n) is 4.72. The first-order valence-corrected chi connectivity index (χ1v) is 7.88. The molecule has 2 N–H and O–H groups in total. The number of hydrogen-bond donors (Lipinski definition) is 2. The molecule has 5 nitrogen and oxygen atoms in total. The molecule has 1 saturated carbocycles. The molecule has 1 aromatic heterocycles. The second-order valence-corrected chi connectivity index (χ2v) is 6.33. The fraction of sp³-hybridized carbons (Fsp3) is 0.533. The molecule has 2 aromatic rings. The Morgan fingerprint density at radius 1 is 1.35 bits per heavy atom. The molecule has 2 aliphatic rings. The molecular weight excluding hydrogens is 305 g/mol. The van der Waals surface area contributed by atoms with Gasteiger partial charge in [-0.25, -0.2) is 13.5 Å². The normalized spacial score (nSPS) is 23.2. The van der Waals surface area contributed by atoms with E-state index < -0.39 is 18.6 Å². The minimum atomic E-state index is -1.96. The van der Waals surface area contributed by atoms with Gasteiger partial charge in [-0.3, -0.25) is 0 Å². The molecule has 8 heteroatoms. The lowest BCUT2D eigenvalue weighted by atomic mass is 9.73. The van der Waals surface area contributed by atoms with Gasteiger partial charge in [0, 0.05) is 29.1 Å². The van der Waals surface area contributed by atoms with Crippen molar-refractivity contribution in [3.63, 3.8) is 0 Å². The lowest BCUT2D eigenvalue weighted by Gasteiger charge is -2.24. The Labute approximate surface area is 132 Å². The van der Waals surface area contributed by atoms with Crippen LogP contribution < -0.4 is 5.46 Å². The van der Waals surface area contributed by atoms with Crippen LogP contribution in [0.4, 0.5) is 8.78 Å². The zero-order chi connectivity index (χ0) is 16.2.